The summed E-state index contributed by atoms with van der Waals surface area (Å²) in [6.45, 7) is 0.0961. The number of hydrogen-bond donors (Lipinski definition) is 2. The standard InChI is InChI=1S/C25H20N4O7/c1-34-21-9-8-17(12-20(21)29(32)33)14-26-28-25(31)19(27-24(30)18-5-3-2-4-6-18)11-16-7-10-22-23(13-16)36-15-35-22/h2-14H,15H2,1H3,(H,27,30)(H,28,31)/b19-11+,26-14+. The van der Waals surface area contributed by atoms with Gasteiger partial charge in [-0.05, 0) is 48.0 Å². The van der Waals surface area contributed by atoms with Gasteiger partial charge in [0.25, 0.3) is 11.8 Å². The van der Waals surface area contributed by atoms with Gasteiger partial charge in [-0.25, -0.2) is 5.43 Å². The smallest absolute Gasteiger partial charge is 0.311 e. The van der Waals surface area contributed by atoms with Crippen molar-refractivity contribution in [2.75, 3.05) is 13.9 Å². The molecule has 3 aromatic carbocycles. The number of amides is 2. The Kier molecular flexibility index (Phi) is 7.20. The number of methoxy groups -OCH3 is 1. The number of carbonyl (C=O) groups is 2. The fourth-order valence-corrected chi connectivity index (χ4v) is 3.27. The Morgan fingerprint density at radius 2 is 1.78 bits per heavy atom. The van der Waals surface area contributed by atoms with Crippen LogP contribution >= 0.6 is 0 Å². The predicted octanol–water partition coefficient (Wildman–Crippen LogP) is 3.25. The first kappa shape index (κ1) is 24.0. The summed E-state index contributed by atoms with van der Waals surface area (Å²) in [5.74, 6) is -0.0239. The summed E-state index contributed by atoms with van der Waals surface area (Å²) < 4.78 is 15.6. The maximum Gasteiger partial charge on any atom is 0.311 e. The third-order valence-corrected chi connectivity index (χ3v) is 5.02. The second-order valence-corrected chi connectivity index (χ2v) is 7.38. The van der Waals surface area contributed by atoms with Gasteiger partial charge in [0.1, 0.15) is 5.70 Å². The summed E-state index contributed by atoms with van der Waals surface area (Å²) in [6.07, 6.45) is 2.70. The molecule has 0 fully saturated rings. The molecular weight excluding hydrogens is 468 g/mol. The Hall–Kier alpha value is -5.19. The number of carbonyl (C=O) groups excluding carboxylic acids is 2. The molecule has 0 unspecified atom stereocenters. The van der Waals surface area contributed by atoms with Gasteiger partial charge in [-0.1, -0.05) is 24.3 Å². The molecule has 11 heteroatoms. The van der Waals surface area contributed by atoms with Crippen LogP contribution in [-0.2, 0) is 4.79 Å². The molecule has 0 bridgehead atoms. The molecule has 11 nitrogen and oxygen atoms in total. The number of hydrogen-bond acceptors (Lipinski definition) is 8. The third kappa shape index (κ3) is 5.65. The second kappa shape index (κ2) is 10.8. The highest BCUT2D eigenvalue weighted by Gasteiger charge is 2.17. The highest BCUT2D eigenvalue weighted by atomic mass is 16.7. The number of hydrazone groups is 1. The van der Waals surface area contributed by atoms with E-state index in [1.807, 2.05) is 0 Å². The molecule has 1 aliphatic rings. The van der Waals surface area contributed by atoms with Crippen molar-refractivity contribution in [3.05, 3.63) is 99.2 Å². The van der Waals surface area contributed by atoms with Gasteiger partial charge in [0.05, 0.1) is 18.2 Å². The Balaban J connectivity index is 1.56. The molecule has 36 heavy (non-hydrogen) atoms. The van der Waals surface area contributed by atoms with Crippen molar-refractivity contribution in [1.82, 2.24) is 10.7 Å². The monoisotopic (exact) mass is 488 g/mol. The van der Waals surface area contributed by atoms with E-state index in [2.05, 4.69) is 15.8 Å². The topological polar surface area (TPSA) is 141 Å². The number of nitrogens with zero attached hydrogens (tertiary/aromatic N) is 2. The first-order chi connectivity index (χ1) is 17.4. The van der Waals surface area contributed by atoms with Crippen LogP contribution in [0, 0.1) is 10.1 Å². The Labute approximate surface area is 205 Å². The maximum absolute atomic E-state index is 12.9. The number of nitro groups is 1. The highest BCUT2D eigenvalue weighted by molar-refractivity contribution is 6.05. The number of fused-ring (bicyclic) bond motifs is 1. The second-order valence-electron chi connectivity index (χ2n) is 7.38. The van der Waals surface area contributed by atoms with Gasteiger partial charge in [-0.15, -0.1) is 0 Å². The molecule has 3 aromatic rings. The van der Waals surface area contributed by atoms with E-state index in [0.717, 1.165) is 0 Å². The average Bonchev–Trinajstić information content (AvgIpc) is 3.36. The lowest BCUT2D eigenvalue weighted by molar-refractivity contribution is -0.385. The van der Waals surface area contributed by atoms with Crippen molar-refractivity contribution < 1.29 is 28.7 Å². The summed E-state index contributed by atoms with van der Waals surface area (Å²) in [4.78, 5) is 36.3. The molecule has 2 N–H and O–H groups in total. The fourth-order valence-electron chi connectivity index (χ4n) is 3.27. The van der Waals surface area contributed by atoms with E-state index in [9.17, 15) is 19.7 Å². The lowest BCUT2D eigenvalue weighted by atomic mass is 10.1. The van der Waals surface area contributed by atoms with Crippen molar-refractivity contribution in [2.45, 2.75) is 0 Å². The molecule has 4 rings (SSSR count). The summed E-state index contributed by atoms with van der Waals surface area (Å²) >= 11 is 0. The Morgan fingerprint density at radius 3 is 2.53 bits per heavy atom. The van der Waals surface area contributed by atoms with Crippen LogP contribution in [0.5, 0.6) is 17.2 Å². The van der Waals surface area contributed by atoms with E-state index in [1.54, 1.807) is 54.6 Å². The van der Waals surface area contributed by atoms with Crippen LogP contribution in [0.3, 0.4) is 0 Å². The SMILES string of the molecule is COc1ccc(/C=N/NC(=O)/C(=C\c2ccc3c(c2)OCO3)NC(=O)c2ccccc2)cc1[N+](=O)[O-]. The van der Waals surface area contributed by atoms with E-state index in [1.165, 1.54) is 31.5 Å². The zero-order valence-electron chi connectivity index (χ0n) is 19.0. The van der Waals surface area contributed by atoms with E-state index in [-0.39, 0.29) is 23.9 Å². The van der Waals surface area contributed by atoms with Gasteiger partial charge in [-0.3, -0.25) is 19.7 Å². The molecule has 0 spiro atoms. The summed E-state index contributed by atoms with van der Waals surface area (Å²) in [5.41, 5.74) is 3.29. The molecule has 0 saturated heterocycles. The number of nitrogens with one attached hydrogen (secondary N) is 2. The molecule has 0 aliphatic carbocycles. The number of ether oxygens (including phenoxy) is 3. The fraction of sp³-hybridized carbons (Fsp3) is 0.0800. The minimum atomic E-state index is -0.712. The van der Waals surface area contributed by atoms with Gasteiger partial charge >= 0.3 is 5.69 Å². The summed E-state index contributed by atoms with van der Waals surface area (Å²) in [7, 11) is 1.33. The molecule has 0 saturated carbocycles. The highest BCUT2D eigenvalue weighted by Crippen LogP contribution is 2.33. The van der Waals surface area contributed by atoms with Crippen molar-refractivity contribution in [1.29, 1.82) is 0 Å². The van der Waals surface area contributed by atoms with Gasteiger partial charge < -0.3 is 19.5 Å². The lowest BCUT2D eigenvalue weighted by Gasteiger charge is -2.09. The molecule has 2 amide bonds. The zero-order valence-corrected chi connectivity index (χ0v) is 19.0. The average molecular weight is 488 g/mol. The van der Waals surface area contributed by atoms with E-state index < -0.39 is 16.7 Å². The largest absolute Gasteiger partial charge is 0.490 e. The van der Waals surface area contributed by atoms with Crippen molar-refractivity contribution in [2.24, 2.45) is 5.10 Å². The van der Waals surface area contributed by atoms with Gasteiger partial charge in [0.2, 0.25) is 6.79 Å². The third-order valence-electron chi connectivity index (χ3n) is 5.02. The van der Waals surface area contributed by atoms with Crippen LogP contribution in [0.15, 0.2) is 77.5 Å². The van der Waals surface area contributed by atoms with E-state index in [4.69, 9.17) is 14.2 Å². The minimum Gasteiger partial charge on any atom is -0.490 e. The molecule has 182 valence electrons. The number of benzene rings is 3. The molecule has 0 radical (unpaired) electrons. The van der Waals surface area contributed by atoms with Crippen LogP contribution in [0.2, 0.25) is 0 Å². The minimum absolute atomic E-state index is 0.0828. The summed E-state index contributed by atoms with van der Waals surface area (Å²) in [6, 6.07) is 17.7. The molecule has 0 aromatic heterocycles. The molecule has 0 atom stereocenters. The maximum atomic E-state index is 12.9. The predicted molar refractivity (Wildman–Crippen MR) is 130 cm³/mol. The van der Waals surface area contributed by atoms with Crippen LogP contribution in [0.4, 0.5) is 5.69 Å². The van der Waals surface area contributed by atoms with Crippen LogP contribution in [0.25, 0.3) is 6.08 Å². The van der Waals surface area contributed by atoms with Crippen LogP contribution in [0.1, 0.15) is 21.5 Å². The quantitative estimate of drug-likeness (QED) is 0.215. The first-order valence-electron chi connectivity index (χ1n) is 10.6. The van der Waals surface area contributed by atoms with Crippen LogP contribution in [-0.4, -0.2) is 36.9 Å². The van der Waals surface area contributed by atoms with E-state index >= 15 is 0 Å². The Morgan fingerprint density at radius 1 is 1.03 bits per heavy atom. The van der Waals surface area contributed by atoms with Crippen molar-refractivity contribution in [3.63, 3.8) is 0 Å². The lowest BCUT2D eigenvalue weighted by Crippen LogP contribution is -2.32. The van der Waals surface area contributed by atoms with Crippen molar-refractivity contribution in [3.8, 4) is 17.2 Å². The van der Waals surface area contributed by atoms with Gasteiger partial charge in [-0.2, -0.15) is 5.10 Å². The number of nitro benzene ring substituents is 1. The normalized spacial score (nSPS) is 12.3. The molecule has 1 heterocycles. The van der Waals surface area contributed by atoms with Crippen LogP contribution < -0.4 is 25.0 Å². The van der Waals surface area contributed by atoms with Gasteiger partial charge in [0, 0.05) is 17.2 Å². The molecule has 1 aliphatic heterocycles. The zero-order chi connectivity index (χ0) is 25.5. The first-order valence-corrected chi connectivity index (χ1v) is 10.6. The van der Waals surface area contributed by atoms with Crippen molar-refractivity contribution >= 4 is 29.8 Å². The summed E-state index contributed by atoms with van der Waals surface area (Å²) in [5, 5.41) is 17.7. The number of rotatable bonds is 8. The molecular formula is C25H20N4O7. The Bertz CT molecular complexity index is 1370. The van der Waals surface area contributed by atoms with Gasteiger partial charge in [0.15, 0.2) is 17.2 Å². The van der Waals surface area contributed by atoms with E-state index in [0.29, 0.717) is 28.2 Å².